The fourth-order valence-corrected chi connectivity index (χ4v) is 7.60. The summed E-state index contributed by atoms with van der Waals surface area (Å²) in [5.74, 6) is 5.02. The molecular formula is C34H43N7OS. The van der Waals surface area contributed by atoms with E-state index in [1.807, 2.05) is 45.4 Å². The van der Waals surface area contributed by atoms with Crippen molar-refractivity contribution >= 4 is 28.7 Å². The van der Waals surface area contributed by atoms with Gasteiger partial charge in [0, 0.05) is 61.6 Å². The molecule has 0 unspecified atom stereocenters. The largest absolute Gasteiger partial charge is 0.598 e. The number of pyridine rings is 1. The number of nitrogens with zero attached hydrogens (tertiary/aromatic N) is 5. The molecule has 2 N–H and O–H groups in total. The molecule has 1 spiro atoms. The third-order valence-electron chi connectivity index (χ3n) is 9.04. The second-order valence-electron chi connectivity index (χ2n) is 13.0. The zero-order valence-electron chi connectivity index (χ0n) is 25.8. The van der Waals surface area contributed by atoms with Crippen molar-refractivity contribution < 1.29 is 4.55 Å². The minimum atomic E-state index is -1.18. The molecule has 1 fully saturated rings. The molecule has 9 heteroatoms. The van der Waals surface area contributed by atoms with Gasteiger partial charge in [-0.25, -0.2) is 9.97 Å². The van der Waals surface area contributed by atoms with Crippen molar-refractivity contribution in [2.45, 2.75) is 77.0 Å². The zero-order valence-corrected chi connectivity index (χ0v) is 26.6. The summed E-state index contributed by atoms with van der Waals surface area (Å²) in [5.41, 5.74) is 6.12. The van der Waals surface area contributed by atoms with Crippen molar-refractivity contribution in [2.24, 2.45) is 5.41 Å². The van der Waals surface area contributed by atoms with Crippen LogP contribution in [-0.4, -0.2) is 50.4 Å². The molecule has 226 valence electrons. The smallest absolute Gasteiger partial charge is 0.151 e. The molecule has 2 atom stereocenters. The summed E-state index contributed by atoms with van der Waals surface area (Å²) in [6.45, 7) is 11.7. The SMILES string of the molecule is CCNC#CCc1ccc2c(c1)[C@@H](N[S@+]([O-])C(C)(C)C)C1(CCN(c3cnc(N4CCCc5ncccc54)cn3)CC1)C2. The van der Waals surface area contributed by atoms with Gasteiger partial charge in [0.15, 0.2) is 5.82 Å². The number of anilines is 3. The first kappa shape index (κ1) is 29.7. The summed E-state index contributed by atoms with van der Waals surface area (Å²) in [5, 5.41) is 3.08. The lowest BCUT2D eigenvalue weighted by Gasteiger charge is -2.44. The molecule has 0 bridgehead atoms. The minimum Gasteiger partial charge on any atom is -0.598 e. The molecule has 1 saturated heterocycles. The summed E-state index contributed by atoms with van der Waals surface area (Å²) in [6, 6.07) is 14.0. The molecular weight excluding hydrogens is 554 g/mol. The van der Waals surface area contributed by atoms with Crippen LogP contribution < -0.4 is 19.8 Å². The Morgan fingerprint density at radius 2 is 1.86 bits per heavy atom. The predicted octanol–water partition coefficient (Wildman–Crippen LogP) is 5.00. The Bertz CT molecular complexity index is 1490. The van der Waals surface area contributed by atoms with E-state index in [0.717, 1.165) is 81.3 Å². The number of aryl methyl sites for hydroxylation is 1. The molecule has 1 aromatic carbocycles. The van der Waals surface area contributed by atoms with Gasteiger partial charge in [0.2, 0.25) is 0 Å². The van der Waals surface area contributed by atoms with Gasteiger partial charge >= 0.3 is 0 Å². The molecule has 4 heterocycles. The lowest BCUT2D eigenvalue weighted by Crippen LogP contribution is -2.49. The molecule has 0 radical (unpaired) electrons. The number of piperidine rings is 1. The summed E-state index contributed by atoms with van der Waals surface area (Å²) in [6.07, 6.45) is 11.4. The van der Waals surface area contributed by atoms with Gasteiger partial charge in [0.25, 0.3) is 0 Å². The van der Waals surface area contributed by atoms with Crippen LogP contribution in [0.15, 0.2) is 48.9 Å². The lowest BCUT2D eigenvalue weighted by molar-refractivity contribution is 0.176. The van der Waals surface area contributed by atoms with Crippen LogP contribution in [0.1, 0.15) is 75.4 Å². The van der Waals surface area contributed by atoms with Gasteiger partial charge in [-0.2, -0.15) is 0 Å². The molecule has 0 amide bonds. The Kier molecular flexibility index (Phi) is 8.54. The van der Waals surface area contributed by atoms with Crippen molar-refractivity contribution in [2.75, 3.05) is 36.0 Å². The van der Waals surface area contributed by atoms with E-state index < -0.39 is 11.4 Å². The summed E-state index contributed by atoms with van der Waals surface area (Å²) in [7, 11) is 0. The lowest BCUT2D eigenvalue weighted by atomic mass is 9.73. The number of aromatic nitrogens is 3. The first-order chi connectivity index (χ1) is 20.8. The topological polar surface area (TPSA) is 92.3 Å². The third-order valence-corrected chi connectivity index (χ3v) is 10.6. The Hall–Kier alpha value is -3.32. The monoisotopic (exact) mass is 597 g/mol. The third kappa shape index (κ3) is 6.19. The molecule has 2 aromatic heterocycles. The second-order valence-corrected chi connectivity index (χ2v) is 15.0. The molecule has 3 aliphatic rings. The van der Waals surface area contributed by atoms with Crippen LogP contribution in [0.25, 0.3) is 0 Å². The van der Waals surface area contributed by atoms with Crippen LogP contribution in [0.5, 0.6) is 0 Å². The average Bonchev–Trinajstić information content (AvgIpc) is 3.30. The van der Waals surface area contributed by atoms with Gasteiger partial charge in [-0.1, -0.05) is 24.1 Å². The Balaban J connectivity index is 1.19. The maximum atomic E-state index is 13.4. The Morgan fingerprint density at radius 3 is 2.60 bits per heavy atom. The highest BCUT2D eigenvalue weighted by Gasteiger charge is 2.50. The molecule has 43 heavy (non-hydrogen) atoms. The fraction of sp³-hybridized carbons (Fsp3) is 0.500. The highest BCUT2D eigenvalue weighted by Crippen LogP contribution is 2.53. The van der Waals surface area contributed by atoms with Crippen LogP contribution in [0, 0.1) is 17.4 Å². The van der Waals surface area contributed by atoms with Crippen LogP contribution in [0.4, 0.5) is 17.3 Å². The molecule has 6 rings (SSSR count). The van der Waals surface area contributed by atoms with E-state index in [0.29, 0.717) is 6.42 Å². The molecule has 3 aromatic rings. The van der Waals surface area contributed by atoms with Crippen molar-refractivity contribution in [3.05, 3.63) is 71.3 Å². The summed E-state index contributed by atoms with van der Waals surface area (Å²) >= 11 is -1.18. The average molecular weight is 598 g/mol. The Morgan fingerprint density at radius 1 is 1.07 bits per heavy atom. The van der Waals surface area contributed by atoms with Crippen LogP contribution in [0.3, 0.4) is 0 Å². The Labute approximate surface area is 259 Å². The van der Waals surface area contributed by atoms with Crippen molar-refractivity contribution in [3.8, 4) is 12.0 Å². The first-order valence-electron chi connectivity index (χ1n) is 15.6. The number of hydrogen-bond donors (Lipinski definition) is 2. The van der Waals surface area contributed by atoms with E-state index in [-0.39, 0.29) is 16.2 Å². The van der Waals surface area contributed by atoms with Gasteiger partial charge in [-0.05, 0) is 88.6 Å². The molecule has 0 saturated carbocycles. The van der Waals surface area contributed by atoms with Gasteiger partial charge < -0.3 is 19.7 Å². The maximum absolute atomic E-state index is 13.4. The number of rotatable bonds is 6. The van der Waals surface area contributed by atoms with Gasteiger partial charge in [-0.3, -0.25) is 4.98 Å². The normalized spacial score (nSPS) is 19.8. The fourth-order valence-electron chi connectivity index (χ4n) is 6.66. The first-order valence-corrected chi connectivity index (χ1v) is 16.7. The van der Waals surface area contributed by atoms with Gasteiger partial charge in [0.1, 0.15) is 10.6 Å². The minimum absolute atomic E-state index is 0.00565. The van der Waals surface area contributed by atoms with Crippen LogP contribution in [0.2, 0.25) is 0 Å². The van der Waals surface area contributed by atoms with E-state index >= 15 is 0 Å². The quantitative estimate of drug-likeness (QED) is 0.233. The van der Waals surface area contributed by atoms with Crippen molar-refractivity contribution in [3.63, 3.8) is 0 Å². The predicted molar refractivity (Wildman–Crippen MR) is 175 cm³/mol. The number of nitrogens with one attached hydrogen (secondary N) is 2. The van der Waals surface area contributed by atoms with Crippen LogP contribution in [-0.2, 0) is 30.6 Å². The van der Waals surface area contributed by atoms with E-state index in [2.05, 4.69) is 68.0 Å². The van der Waals surface area contributed by atoms with Gasteiger partial charge in [-0.15, -0.1) is 4.72 Å². The molecule has 8 nitrogen and oxygen atoms in total. The van der Waals surface area contributed by atoms with Crippen LogP contribution >= 0.6 is 0 Å². The van der Waals surface area contributed by atoms with E-state index in [1.165, 1.54) is 16.7 Å². The van der Waals surface area contributed by atoms with E-state index in [9.17, 15) is 4.55 Å². The highest BCUT2D eigenvalue weighted by molar-refractivity contribution is 7.90. The zero-order chi connectivity index (χ0) is 30.0. The second kappa shape index (κ2) is 12.4. The van der Waals surface area contributed by atoms with E-state index in [1.54, 1.807) is 0 Å². The number of benzene rings is 1. The summed E-state index contributed by atoms with van der Waals surface area (Å²) in [4.78, 5) is 18.9. The van der Waals surface area contributed by atoms with E-state index in [4.69, 9.17) is 9.97 Å². The maximum Gasteiger partial charge on any atom is 0.151 e. The standard InChI is InChI=1S/C34H43N7OS/c1-5-35-16-6-9-25-12-13-26-22-34(32(27(26)21-25)39-43(42)33(2,3)4)14-19-40(20-15-34)30-23-38-31(24-37-30)41-18-8-10-28-29(41)11-7-17-36-28/h7,11-13,17,21,23-24,32,35,39H,5,8-10,14-15,18-20,22H2,1-4H3/t32-,43-/m1/s1. The molecule has 2 aliphatic heterocycles. The molecule has 1 aliphatic carbocycles. The number of hydrogen-bond acceptors (Lipinski definition) is 8. The van der Waals surface area contributed by atoms with Crippen molar-refractivity contribution in [1.82, 2.24) is 25.0 Å². The van der Waals surface area contributed by atoms with Gasteiger partial charge in [0.05, 0.1) is 29.8 Å². The summed E-state index contributed by atoms with van der Waals surface area (Å²) < 4.78 is 16.7. The van der Waals surface area contributed by atoms with Crippen molar-refractivity contribution in [1.29, 1.82) is 0 Å². The highest BCUT2D eigenvalue weighted by atomic mass is 32.2. The number of fused-ring (bicyclic) bond motifs is 2.